The highest BCUT2D eigenvalue weighted by atomic mass is 35.5. The summed E-state index contributed by atoms with van der Waals surface area (Å²) in [5, 5.41) is 3.69. The van der Waals surface area contributed by atoms with Gasteiger partial charge in [0.15, 0.2) is 0 Å². The Morgan fingerprint density at radius 3 is 2.83 bits per heavy atom. The van der Waals surface area contributed by atoms with Gasteiger partial charge in [0.2, 0.25) is 5.89 Å². The molecular weight excluding hydrogens is 182 g/mol. The van der Waals surface area contributed by atoms with Crippen molar-refractivity contribution in [1.29, 1.82) is 0 Å². The van der Waals surface area contributed by atoms with Crippen molar-refractivity contribution < 1.29 is 4.42 Å². The molecule has 0 spiro atoms. The number of halogens is 1. The normalized spacial score (nSPS) is 8.67. The van der Waals surface area contributed by atoms with Crippen molar-refractivity contribution in [2.24, 2.45) is 5.73 Å². The van der Waals surface area contributed by atoms with Gasteiger partial charge in [0, 0.05) is 0 Å². The summed E-state index contributed by atoms with van der Waals surface area (Å²) in [6.45, 7) is 0.217. The molecule has 0 amide bonds. The molecule has 0 atom stereocenters. The smallest absolute Gasteiger partial charge is 0.391 e. The van der Waals surface area contributed by atoms with E-state index in [9.17, 15) is 4.79 Å². The van der Waals surface area contributed by atoms with Gasteiger partial charge in [-0.15, -0.1) is 23.9 Å². The van der Waals surface area contributed by atoms with Crippen LogP contribution in [0.1, 0.15) is 5.89 Å². The largest absolute Gasteiger partial charge is 0.438 e. The highest BCUT2D eigenvalue weighted by Crippen LogP contribution is 1.85. The second-order valence-electron chi connectivity index (χ2n) is 1.83. The SMILES string of the molecule is C#CCn1nc(CN)oc1=O.Cl. The van der Waals surface area contributed by atoms with Crippen LogP contribution < -0.4 is 11.5 Å². The van der Waals surface area contributed by atoms with Crippen LogP contribution in [0.25, 0.3) is 0 Å². The number of nitrogens with zero attached hydrogens (tertiary/aromatic N) is 2. The van der Waals surface area contributed by atoms with Gasteiger partial charge < -0.3 is 10.2 Å². The van der Waals surface area contributed by atoms with Crippen LogP contribution in [0.15, 0.2) is 9.21 Å². The Balaban J connectivity index is 0.00000121. The summed E-state index contributed by atoms with van der Waals surface area (Å²) in [6.07, 6.45) is 4.96. The summed E-state index contributed by atoms with van der Waals surface area (Å²) in [6, 6.07) is 0. The van der Waals surface area contributed by atoms with E-state index in [1.807, 2.05) is 0 Å². The number of nitrogens with two attached hydrogens (primary N) is 1. The third-order valence-electron chi connectivity index (χ3n) is 1.06. The highest BCUT2D eigenvalue weighted by Gasteiger charge is 2.03. The van der Waals surface area contributed by atoms with E-state index in [0.717, 1.165) is 4.68 Å². The molecule has 0 aliphatic heterocycles. The Morgan fingerprint density at radius 1 is 1.75 bits per heavy atom. The Labute approximate surface area is 75.0 Å². The molecule has 0 saturated heterocycles. The van der Waals surface area contributed by atoms with E-state index in [0.29, 0.717) is 0 Å². The van der Waals surface area contributed by atoms with Gasteiger partial charge in [0.05, 0.1) is 6.54 Å². The molecule has 1 aromatic rings. The summed E-state index contributed by atoms with van der Waals surface area (Å²) in [4.78, 5) is 10.8. The van der Waals surface area contributed by atoms with Crippen molar-refractivity contribution in [3.05, 3.63) is 16.4 Å². The molecule has 0 aliphatic carbocycles. The van der Waals surface area contributed by atoms with E-state index >= 15 is 0 Å². The molecule has 1 aromatic heterocycles. The fourth-order valence-electron chi connectivity index (χ4n) is 0.618. The van der Waals surface area contributed by atoms with Crippen molar-refractivity contribution in [3.63, 3.8) is 0 Å². The lowest BCUT2D eigenvalue weighted by Gasteiger charge is -1.84. The molecule has 0 radical (unpaired) electrons. The summed E-state index contributed by atoms with van der Waals surface area (Å²) >= 11 is 0. The van der Waals surface area contributed by atoms with Crippen molar-refractivity contribution in [1.82, 2.24) is 9.78 Å². The Bertz CT molecular complexity index is 335. The number of aromatic nitrogens is 2. The van der Waals surface area contributed by atoms with E-state index in [4.69, 9.17) is 12.2 Å². The molecule has 6 heteroatoms. The van der Waals surface area contributed by atoms with Crippen LogP contribution in [0.4, 0.5) is 0 Å². The molecule has 5 nitrogen and oxygen atoms in total. The lowest BCUT2D eigenvalue weighted by Crippen LogP contribution is -2.14. The summed E-state index contributed by atoms with van der Waals surface area (Å²) in [7, 11) is 0. The van der Waals surface area contributed by atoms with Gasteiger partial charge in [0.25, 0.3) is 0 Å². The van der Waals surface area contributed by atoms with Gasteiger partial charge in [-0.05, 0) is 0 Å². The first-order valence-electron chi connectivity index (χ1n) is 2.98. The maximum atomic E-state index is 10.8. The van der Waals surface area contributed by atoms with Crippen molar-refractivity contribution >= 4 is 12.4 Å². The predicted molar refractivity (Wildman–Crippen MR) is 44.7 cm³/mol. The van der Waals surface area contributed by atoms with Gasteiger partial charge in [-0.2, -0.15) is 4.68 Å². The second-order valence-corrected chi connectivity index (χ2v) is 1.83. The molecule has 0 unspecified atom stereocenters. The number of hydrogen-bond acceptors (Lipinski definition) is 4. The van der Waals surface area contributed by atoms with Crippen LogP contribution in [0.2, 0.25) is 0 Å². The third-order valence-corrected chi connectivity index (χ3v) is 1.06. The third kappa shape index (κ3) is 2.12. The lowest BCUT2D eigenvalue weighted by atomic mass is 10.7. The van der Waals surface area contributed by atoms with Crippen molar-refractivity contribution in [3.8, 4) is 12.3 Å². The molecule has 0 bridgehead atoms. The molecule has 0 fully saturated rings. The van der Waals surface area contributed by atoms with Gasteiger partial charge in [-0.1, -0.05) is 5.92 Å². The monoisotopic (exact) mass is 189 g/mol. The Morgan fingerprint density at radius 2 is 2.42 bits per heavy atom. The molecule has 12 heavy (non-hydrogen) atoms. The Hall–Kier alpha value is -1.25. The standard InChI is InChI=1S/C6H7N3O2.ClH/c1-2-3-9-6(10)11-5(4-7)8-9;/h1H,3-4,7H2;1H. The molecule has 1 heterocycles. The number of hydrogen-bond donors (Lipinski definition) is 1. The number of rotatable bonds is 2. The summed E-state index contributed by atoms with van der Waals surface area (Å²) in [5.41, 5.74) is 5.17. The first-order chi connectivity index (χ1) is 5.27. The minimum Gasteiger partial charge on any atom is -0.391 e. The zero-order valence-corrected chi connectivity index (χ0v) is 7.00. The van der Waals surface area contributed by atoms with E-state index in [1.54, 1.807) is 0 Å². The zero-order chi connectivity index (χ0) is 8.27. The molecule has 2 N–H and O–H groups in total. The Kier molecular flexibility index (Phi) is 4.11. The molecule has 0 saturated carbocycles. The molecule has 1 rings (SSSR count). The van der Waals surface area contributed by atoms with Crippen LogP contribution in [0, 0.1) is 12.3 Å². The van der Waals surface area contributed by atoms with E-state index in [1.165, 1.54) is 0 Å². The molecule has 66 valence electrons. The average Bonchev–Trinajstić information content (AvgIpc) is 2.33. The van der Waals surface area contributed by atoms with Gasteiger partial charge in [-0.25, -0.2) is 4.79 Å². The molecular formula is C6H8ClN3O2. The second kappa shape index (κ2) is 4.59. The van der Waals surface area contributed by atoms with Crippen LogP contribution in [0.3, 0.4) is 0 Å². The summed E-state index contributed by atoms with van der Waals surface area (Å²) < 4.78 is 5.64. The maximum absolute atomic E-state index is 10.8. The van der Waals surface area contributed by atoms with Gasteiger partial charge in [-0.3, -0.25) is 0 Å². The predicted octanol–water partition coefficient (Wildman–Crippen LogP) is -0.650. The van der Waals surface area contributed by atoms with Gasteiger partial charge in [0.1, 0.15) is 6.54 Å². The van der Waals surface area contributed by atoms with Crippen molar-refractivity contribution in [2.75, 3.05) is 0 Å². The van der Waals surface area contributed by atoms with Crippen LogP contribution in [-0.2, 0) is 13.1 Å². The van der Waals surface area contributed by atoms with E-state index < -0.39 is 5.76 Å². The maximum Gasteiger partial charge on any atom is 0.438 e. The topological polar surface area (TPSA) is 74.1 Å². The van der Waals surface area contributed by atoms with Crippen LogP contribution in [-0.4, -0.2) is 9.78 Å². The average molecular weight is 190 g/mol. The van der Waals surface area contributed by atoms with Crippen LogP contribution in [0.5, 0.6) is 0 Å². The van der Waals surface area contributed by atoms with E-state index in [-0.39, 0.29) is 31.4 Å². The fourth-order valence-corrected chi connectivity index (χ4v) is 0.618. The lowest BCUT2D eigenvalue weighted by molar-refractivity contribution is 0.453. The minimum atomic E-state index is -0.566. The minimum absolute atomic E-state index is 0. The van der Waals surface area contributed by atoms with Crippen LogP contribution >= 0.6 is 12.4 Å². The zero-order valence-electron chi connectivity index (χ0n) is 6.19. The van der Waals surface area contributed by atoms with Crippen molar-refractivity contribution in [2.45, 2.75) is 13.1 Å². The molecule has 0 aromatic carbocycles. The summed E-state index contributed by atoms with van der Waals surface area (Å²) in [5.74, 6) is 1.89. The van der Waals surface area contributed by atoms with Gasteiger partial charge >= 0.3 is 5.76 Å². The fraction of sp³-hybridized carbons (Fsp3) is 0.333. The van der Waals surface area contributed by atoms with E-state index in [2.05, 4.69) is 15.4 Å². The number of terminal acetylenes is 1. The molecule has 0 aliphatic rings. The first-order valence-corrected chi connectivity index (χ1v) is 2.98. The quantitative estimate of drug-likeness (QED) is 0.628. The first kappa shape index (κ1) is 10.8. The highest BCUT2D eigenvalue weighted by molar-refractivity contribution is 5.85.